The highest BCUT2D eigenvalue weighted by atomic mass is 127. The molecule has 4 saturated heterocycles. The number of carbonyl (C=O) groups excluding carboxylic acids is 4. The van der Waals surface area contributed by atoms with E-state index in [2.05, 4.69) is 63.0 Å². The summed E-state index contributed by atoms with van der Waals surface area (Å²) in [6.07, 6.45) is -1.38. The monoisotopic (exact) mass is 1530 g/mol. The number of aromatic nitrogens is 9. The zero-order valence-electron chi connectivity index (χ0n) is 55.2. The molecule has 4 fully saturated rings. The van der Waals surface area contributed by atoms with E-state index in [4.69, 9.17) is 18.9 Å². The fourth-order valence-electron chi connectivity index (χ4n) is 11.7. The van der Waals surface area contributed by atoms with Crippen molar-refractivity contribution >= 4 is 46.3 Å². The molecule has 5 aliphatic heterocycles. The smallest absolute Gasteiger partial charge is 0.354 e. The van der Waals surface area contributed by atoms with Gasteiger partial charge in [0.1, 0.15) is 49.3 Å². The molecule has 13 unspecified atom stereocenters. The van der Waals surface area contributed by atoms with Crippen molar-refractivity contribution in [1.82, 2.24) is 69.6 Å². The lowest BCUT2D eigenvalue weighted by Crippen LogP contribution is -2.50. The number of aromatic amines is 3. The molecule has 5 aliphatic rings. The first-order valence-corrected chi connectivity index (χ1v) is 33.1. The lowest BCUT2D eigenvalue weighted by molar-refractivity contribution is -0.173. The van der Waals surface area contributed by atoms with E-state index in [0.717, 1.165) is 37.7 Å². The van der Waals surface area contributed by atoms with E-state index < -0.39 is 95.8 Å². The van der Waals surface area contributed by atoms with Crippen LogP contribution >= 0.6 is 22.6 Å². The van der Waals surface area contributed by atoms with Gasteiger partial charge in [-0.2, -0.15) is 44.6 Å². The number of nitrogens with zero attached hydrogens (tertiary/aromatic N) is 7. The Labute approximate surface area is 573 Å². The average molecular weight is 1530 g/mol. The third-order valence-electron chi connectivity index (χ3n) is 17.0. The first kappa shape index (κ1) is 80.1. The molecule has 38 heteroatoms. The van der Waals surface area contributed by atoms with Crippen molar-refractivity contribution in [2.24, 2.45) is 23.7 Å². The summed E-state index contributed by atoms with van der Waals surface area (Å²) in [5.41, 5.74) is -2.47. The molecule has 9 heterocycles. The summed E-state index contributed by atoms with van der Waals surface area (Å²) in [4.78, 5) is 128. The third-order valence-corrected chi connectivity index (χ3v) is 17.7. The minimum atomic E-state index is -5.00. The molecule has 9 rings (SSSR count). The van der Waals surface area contributed by atoms with Crippen LogP contribution in [0.15, 0.2) is 71.8 Å². The molecule has 0 radical (unpaired) electrons. The van der Waals surface area contributed by atoms with Crippen molar-refractivity contribution in [2.75, 3.05) is 19.6 Å². The highest BCUT2D eigenvalue weighted by Gasteiger charge is 2.43. The Bertz CT molecular complexity index is 3900. The fraction of sp³-hybridized carbons (Fsp3) is 0.639. The van der Waals surface area contributed by atoms with Gasteiger partial charge in [0, 0.05) is 43.4 Å². The highest BCUT2D eigenvalue weighted by Crippen LogP contribution is 2.37. The molecule has 5 amide bonds. The molecule has 7 N–H and O–H groups in total. The minimum Gasteiger partial charge on any atom is -0.354 e. The van der Waals surface area contributed by atoms with Crippen molar-refractivity contribution < 1.29 is 77.6 Å². The largest absolute Gasteiger partial charge is 0.471 e. The molecular formula is C61H80F9IN14O14. The third kappa shape index (κ3) is 22.0. The molecule has 0 saturated carbocycles. The van der Waals surface area contributed by atoms with Crippen molar-refractivity contribution in [3.63, 3.8) is 0 Å². The minimum absolute atomic E-state index is 0.00839. The lowest BCUT2D eigenvalue weighted by atomic mass is 10.0. The Kier molecular flexibility index (Phi) is 28.7. The van der Waals surface area contributed by atoms with Crippen molar-refractivity contribution in [1.29, 1.82) is 0 Å². The van der Waals surface area contributed by atoms with E-state index in [9.17, 15) is 87.5 Å². The topological polar surface area (TPSA) is 352 Å². The van der Waals surface area contributed by atoms with Crippen LogP contribution in [0.1, 0.15) is 162 Å². The van der Waals surface area contributed by atoms with Crippen LogP contribution in [0.5, 0.6) is 0 Å². The van der Waals surface area contributed by atoms with Crippen LogP contribution in [0.25, 0.3) is 0 Å². The molecule has 548 valence electrons. The fourth-order valence-corrected chi connectivity index (χ4v) is 12.1. The highest BCUT2D eigenvalue weighted by molar-refractivity contribution is 14.1. The van der Waals surface area contributed by atoms with Gasteiger partial charge in [0.05, 0.1) is 34.5 Å². The Balaban J connectivity index is 0.000000211. The zero-order chi connectivity index (χ0) is 73.4. The molecule has 28 nitrogen and oxygen atoms in total. The van der Waals surface area contributed by atoms with Gasteiger partial charge < -0.3 is 40.2 Å². The van der Waals surface area contributed by atoms with Crippen LogP contribution in [0, 0.1) is 39.1 Å². The van der Waals surface area contributed by atoms with Gasteiger partial charge in [0.15, 0.2) is 0 Å². The maximum absolute atomic E-state index is 12.7. The van der Waals surface area contributed by atoms with Gasteiger partial charge in [-0.05, 0) is 129 Å². The molecule has 0 aliphatic carbocycles. The average Bonchev–Trinajstić information content (AvgIpc) is 1.61. The maximum atomic E-state index is 12.7. The van der Waals surface area contributed by atoms with Crippen LogP contribution in [-0.2, 0) is 39.8 Å². The van der Waals surface area contributed by atoms with Gasteiger partial charge in [0.25, 0.3) is 16.7 Å². The number of alkyl halides is 9. The summed E-state index contributed by atoms with van der Waals surface area (Å²) in [7, 11) is 0. The molecular weight excluding hydrogens is 1450 g/mol. The number of rotatable bonds is 18. The predicted molar refractivity (Wildman–Crippen MR) is 343 cm³/mol. The number of hydrogen-bond acceptors (Lipinski definition) is 16. The number of amides is 5. The van der Waals surface area contributed by atoms with Gasteiger partial charge in [0.2, 0.25) is 0 Å². The van der Waals surface area contributed by atoms with Gasteiger partial charge in [-0.25, -0.2) is 28.8 Å². The number of ether oxygens (including phenoxy) is 4. The Morgan fingerprint density at radius 1 is 0.576 bits per heavy atom. The van der Waals surface area contributed by atoms with Crippen molar-refractivity contribution in [3.05, 3.63) is 120 Å². The quantitative estimate of drug-likeness (QED) is 0.0254. The van der Waals surface area contributed by atoms with E-state index in [1.807, 2.05) is 62.5 Å². The van der Waals surface area contributed by atoms with Crippen LogP contribution in [-0.4, -0.2) is 141 Å². The van der Waals surface area contributed by atoms with Crippen LogP contribution in [0.2, 0.25) is 0 Å². The second kappa shape index (κ2) is 35.4. The van der Waals surface area contributed by atoms with Gasteiger partial charge in [-0.15, -0.1) is 0 Å². The normalized spacial score (nSPS) is 25.1. The van der Waals surface area contributed by atoms with Crippen molar-refractivity contribution in [3.8, 4) is 11.8 Å². The summed E-state index contributed by atoms with van der Waals surface area (Å²) in [5, 5.41) is 12.1. The first-order valence-electron chi connectivity index (χ1n) is 32.0. The predicted octanol–water partition coefficient (Wildman–Crippen LogP) is 6.16. The molecule has 4 aromatic rings. The Hall–Kier alpha value is -7.90. The Morgan fingerprint density at radius 3 is 1.43 bits per heavy atom. The van der Waals surface area contributed by atoms with Gasteiger partial charge >= 0.3 is 59.4 Å². The van der Waals surface area contributed by atoms with E-state index in [1.165, 1.54) is 48.3 Å². The lowest BCUT2D eigenvalue weighted by Gasteiger charge is -2.35. The molecule has 13 atom stereocenters. The van der Waals surface area contributed by atoms with Crippen molar-refractivity contribution in [2.45, 2.75) is 206 Å². The number of nitrogens with one attached hydrogen (secondary N) is 7. The number of H-pyrrole nitrogens is 3. The van der Waals surface area contributed by atoms with E-state index in [-0.39, 0.29) is 97.5 Å². The molecule has 0 spiro atoms. The summed E-state index contributed by atoms with van der Waals surface area (Å²) in [6, 6.07) is -0.349. The standard InChI is InChI=1S/C18H25F3N6O3.C16H22F3N3O4.C16H18F3N3O4.C11H15IN2O3/c1-3-13-11(2)7-14(30-13)26-8-12(5-4-6-23-16(28)18(19,20)21)15(25-17(26)29)27-10-22-9-24-27;2*1-3-11-9(2)7-12(26-11)22-8-10(13(23)21-15(22)25)5-4-6-20-14(24)16(17,18)19;1-3-8-6(2)4-9(17-8)14-5-7(12)10(15)13-11(14)16/h8-11,13-15H,3-7H2,1-2H3,(H,23,28)(H,25,29);8-9,11-12H,3-7H2,1-2H3,(H,20,24)(H,21,23,25);8-9,11-12H,3,6-7H2,1-2H3,(H,20,24)(H,21,23,25);5-6,8-9H,3-4H2,1-2H3,(H,13,15,16). The summed E-state index contributed by atoms with van der Waals surface area (Å²) in [5.74, 6) is -0.266. The van der Waals surface area contributed by atoms with E-state index in [1.54, 1.807) is 23.0 Å². The first-order chi connectivity index (χ1) is 46.5. The van der Waals surface area contributed by atoms with Crippen LogP contribution in [0.3, 0.4) is 0 Å². The van der Waals surface area contributed by atoms with Gasteiger partial charge in [-0.3, -0.25) is 62.3 Å². The molecule has 99 heavy (non-hydrogen) atoms. The molecule has 4 aromatic heterocycles. The number of urea groups is 1. The zero-order valence-corrected chi connectivity index (χ0v) is 57.4. The number of carbonyl (C=O) groups is 4. The summed E-state index contributed by atoms with van der Waals surface area (Å²) in [6.45, 7) is 15.3. The molecule has 0 bridgehead atoms. The second-order valence-corrected chi connectivity index (χ2v) is 25.4. The second-order valence-electron chi connectivity index (χ2n) is 24.2. The SMILES string of the molecule is CCC1OC(N2C=C(CCCNC(=O)C(F)(F)F)C(n3cncn3)NC2=O)CC1C.CCC1OC(n2cc(C#CCNC(=O)C(F)(F)F)c(=O)[nH]c2=O)CC1C.CCC1OC(n2cc(CCCNC(=O)C(F)(F)F)c(=O)[nH]c2=O)CC1C.CCC1OC(n2cc(I)c(=O)[nH]c2=O)CC1C. The molecule has 0 aromatic carbocycles. The maximum Gasteiger partial charge on any atom is 0.471 e. The van der Waals surface area contributed by atoms with E-state index in [0.29, 0.717) is 41.1 Å². The van der Waals surface area contributed by atoms with Crippen LogP contribution in [0.4, 0.5) is 44.3 Å². The Morgan fingerprint density at radius 2 is 0.990 bits per heavy atom. The summed E-state index contributed by atoms with van der Waals surface area (Å²) >= 11 is 1.91. The van der Waals surface area contributed by atoms with Crippen LogP contribution < -0.4 is 55.0 Å². The number of hydrogen-bond donors (Lipinski definition) is 7. The van der Waals surface area contributed by atoms with E-state index >= 15 is 0 Å². The summed E-state index contributed by atoms with van der Waals surface area (Å²) < 4.78 is 139. The van der Waals surface area contributed by atoms with Gasteiger partial charge in [-0.1, -0.05) is 67.2 Å². The number of aryl methyl sites for hydroxylation is 1. The number of halogens is 10.